The first-order chi connectivity index (χ1) is 15.8. The molecule has 174 valence electrons. The molecule has 6 nitrogen and oxygen atoms in total. The molecule has 1 fully saturated rings. The van der Waals surface area contributed by atoms with Crippen LogP contribution in [-0.4, -0.2) is 47.1 Å². The molecule has 0 atom stereocenters. The van der Waals surface area contributed by atoms with Crippen molar-refractivity contribution in [3.63, 3.8) is 0 Å². The molecule has 1 aliphatic heterocycles. The van der Waals surface area contributed by atoms with Gasteiger partial charge in [0.2, 0.25) is 10.0 Å². The molecule has 0 amide bonds. The average molecular weight is 540 g/mol. The number of carbonyl (C=O) groups excluding carboxylic acids is 1. The number of thioether (sulfide) groups is 1. The Labute approximate surface area is 211 Å². The third kappa shape index (κ3) is 5.93. The standard InChI is InChI=1S/C22H22ClN3O3S4/c23-17-7-9-18(10-8-17)26-22(30)32-21(24-26)31-15-20(27)16-5-11-19(12-6-16)33(28,29)25-13-3-1-2-4-14-25/h5-12H,1-4,13-15H2. The molecule has 0 bridgehead atoms. The number of halogens is 1. The number of sulfonamides is 1. The summed E-state index contributed by atoms with van der Waals surface area (Å²) in [4.78, 5) is 12.9. The Morgan fingerprint density at radius 2 is 1.67 bits per heavy atom. The molecular formula is C22H22ClN3O3S4. The van der Waals surface area contributed by atoms with Crippen molar-refractivity contribution < 1.29 is 13.2 Å². The molecule has 1 saturated heterocycles. The largest absolute Gasteiger partial charge is 0.293 e. The van der Waals surface area contributed by atoms with Crippen LogP contribution < -0.4 is 0 Å². The van der Waals surface area contributed by atoms with Crippen LogP contribution in [0.4, 0.5) is 0 Å². The number of ketones is 1. The van der Waals surface area contributed by atoms with E-state index in [4.69, 9.17) is 23.8 Å². The van der Waals surface area contributed by atoms with Gasteiger partial charge in [-0.3, -0.25) is 4.79 Å². The molecule has 33 heavy (non-hydrogen) atoms. The van der Waals surface area contributed by atoms with E-state index in [9.17, 15) is 13.2 Å². The van der Waals surface area contributed by atoms with E-state index in [1.165, 1.54) is 35.2 Å². The highest BCUT2D eigenvalue weighted by Crippen LogP contribution is 2.26. The first kappa shape index (κ1) is 24.6. The molecule has 2 heterocycles. The molecule has 3 aromatic rings. The maximum absolute atomic E-state index is 12.9. The number of nitrogens with zero attached hydrogens (tertiary/aromatic N) is 3. The summed E-state index contributed by atoms with van der Waals surface area (Å²) < 4.78 is 30.3. The van der Waals surface area contributed by atoms with Crippen molar-refractivity contribution in [1.82, 2.24) is 14.1 Å². The van der Waals surface area contributed by atoms with E-state index >= 15 is 0 Å². The Bertz CT molecular complexity index is 1280. The van der Waals surface area contributed by atoms with E-state index in [0.717, 1.165) is 31.4 Å². The third-order valence-corrected chi connectivity index (χ3v) is 9.84. The van der Waals surface area contributed by atoms with Gasteiger partial charge in [-0.2, -0.15) is 4.31 Å². The van der Waals surface area contributed by atoms with Gasteiger partial charge in [-0.05, 0) is 61.5 Å². The Kier molecular flexibility index (Phi) is 8.03. The van der Waals surface area contributed by atoms with Gasteiger partial charge in [0.05, 0.1) is 16.3 Å². The number of aromatic nitrogens is 2. The summed E-state index contributed by atoms with van der Waals surface area (Å²) in [5, 5.41) is 5.13. The number of carbonyl (C=O) groups is 1. The van der Waals surface area contributed by atoms with E-state index in [2.05, 4.69) is 5.10 Å². The molecule has 4 rings (SSSR count). The lowest BCUT2D eigenvalue weighted by molar-refractivity contribution is 0.102. The minimum atomic E-state index is -3.53. The van der Waals surface area contributed by atoms with Gasteiger partial charge in [-0.25, -0.2) is 13.1 Å². The van der Waals surface area contributed by atoms with Gasteiger partial charge >= 0.3 is 0 Å². The van der Waals surface area contributed by atoms with Crippen LogP contribution >= 0.6 is 46.9 Å². The van der Waals surface area contributed by atoms with Crippen LogP contribution in [0.25, 0.3) is 5.69 Å². The van der Waals surface area contributed by atoms with Crippen molar-refractivity contribution in [2.75, 3.05) is 18.8 Å². The van der Waals surface area contributed by atoms with Crippen molar-refractivity contribution in [1.29, 1.82) is 0 Å². The zero-order valence-electron chi connectivity index (χ0n) is 17.6. The fourth-order valence-corrected chi connectivity index (χ4v) is 7.42. The van der Waals surface area contributed by atoms with Crippen molar-refractivity contribution in [2.24, 2.45) is 0 Å². The molecule has 2 aromatic carbocycles. The number of benzene rings is 2. The number of rotatable bonds is 7. The van der Waals surface area contributed by atoms with Crippen LogP contribution in [0.3, 0.4) is 0 Å². The van der Waals surface area contributed by atoms with Crippen LogP contribution in [0.1, 0.15) is 36.0 Å². The van der Waals surface area contributed by atoms with E-state index in [0.29, 0.717) is 32.0 Å². The second-order valence-electron chi connectivity index (χ2n) is 7.58. The third-order valence-electron chi connectivity index (χ3n) is 5.31. The van der Waals surface area contributed by atoms with Crippen LogP contribution in [0.15, 0.2) is 57.8 Å². The number of hydrogen-bond acceptors (Lipinski definition) is 7. The summed E-state index contributed by atoms with van der Waals surface area (Å²) in [5.41, 5.74) is 1.28. The van der Waals surface area contributed by atoms with Gasteiger partial charge in [-0.15, -0.1) is 5.10 Å². The second-order valence-corrected chi connectivity index (χ2v) is 12.8. The predicted molar refractivity (Wildman–Crippen MR) is 136 cm³/mol. The van der Waals surface area contributed by atoms with E-state index in [1.54, 1.807) is 33.3 Å². The van der Waals surface area contributed by atoms with Gasteiger partial charge < -0.3 is 0 Å². The zero-order chi connectivity index (χ0) is 23.4. The molecule has 0 N–H and O–H groups in total. The maximum atomic E-state index is 12.9. The van der Waals surface area contributed by atoms with Crippen molar-refractivity contribution in [2.45, 2.75) is 34.9 Å². The predicted octanol–water partition coefficient (Wildman–Crippen LogP) is 5.86. The van der Waals surface area contributed by atoms with Gasteiger partial charge in [0.1, 0.15) is 0 Å². The molecule has 1 aromatic heterocycles. The quantitative estimate of drug-likeness (QED) is 0.213. The zero-order valence-corrected chi connectivity index (χ0v) is 21.7. The Morgan fingerprint density at radius 1 is 1.03 bits per heavy atom. The number of Topliss-reactive ketones (excluding diaryl/α,β-unsaturated/α-hetero) is 1. The van der Waals surface area contributed by atoms with E-state index < -0.39 is 10.0 Å². The summed E-state index contributed by atoms with van der Waals surface area (Å²) in [6.45, 7) is 1.10. The van der Waals surface area contributed by atoms with Gasteiger partial charge in [0.25, 0.3) is 0 Å². The molecule has 1 aliphatic rings. The van der Waals surface area contributed by atoms with E-state index in [1.807, 2.05) is 12.1 Å². The first-order valence-electron chi connectivity index (χ1n) is 10.5. The molecular weight excluding hydrogens is 518 g/mol. The van der Waals surface area contributed by atoms with Gasteiger partial charge in [-0.1, -0.05) is 59.7 Å². The molecule has 0 spiro atoms. The van der Waals surface area contributed by atoms with Crippen molar-refractivity contribution >= 4 is 62.7 Å². The fraction of sp³-hybridized carbons (Fsp3) is 0.318. The van der Waals surface area contributed by atoms with Crippen LogP contribution in [-0.2, 0) is 10.0 Å². The topological polar surface area (TPSA) is 72.3 Å². The summed E-state index contributed by atoms with van der Waals surface area (Å²) in [6, 6.07) is 13.4. The van der Waals surface area contributed by atoms with E-state index in [-0.39, 0.29) is 16.4 Å². The molecule has 0 saturated carbocycles. The Morgan fingerprint density at radius 3 is 2.30 bits per heavy atom. The highest BCUT2D eigenvalue weighted by Gasteiger charge is 2.25. The van der Waals surface area contributed by atoms with Gasteiger partial charge in [0.15, 0.2) is 14.1 Å². The van der Waals surface area contributed by atoms with Crippen molar-refractivity contribution in [3.05, 3.63) is 63.1 Å². The SMILES string of the molecule is O=C(CSc1nn(-c2ccc(Cl)cc2)c(=S)s1)c1ccc(S(=O)(=O)N2CCCCCC2)cc1. The summed E-state index contributed by atoms with van der Waals surface area (Å²) in [5.74, 6) is 0.0825. The highest BCUT2D eigenvalue weighted by molar-refractivity contribution is 8.01. The smallest absolute Gasteiger partial charge is 0.243 e. The normalized spacial score (nSPS) is 15.3. The van der Waals surface area contributed by atoms with Crippen LogP contribution in [0.2, 0.25) is 5.02 Å². The minimum Gasteiger partial charge on any atom is -0.293 e. The maximum Gasteiger partial charge on any atom is 0.243 e. The highest BCUT2D eigenvalue weighted by atomic mass is 35.5. The Hall–Kier alpha value is -1.56. The lowest BCUT2D eigenvalue weighted by atomic mass is 10.1. The molecule has 0 unspecified atom stereocenters. The average Bonchev–Trinajstić information content (AvgIpc) is 3.00. The monoisotopic (exact) mass is 539 g/mol. The van der Waals surface area contributed by atoms with Crippen LogP contribution in [0, 0.1) is 3.95 Å². The summed E-state index contributed by atoms with van der Waals surface area (Å²) in [6.07, 6.45) is 3.88. The molecule has 11 heteroatoms. The van der Waals surface area contributed by atoms with Crippen molar-refractivity contribution in [3.8, 4) is 5.69 Å². The fourth-order valence-electron chi connectivity index (χ4n) is 3.52. The second kappa shape index (κ2) is 10.8. The molecule has 0 radical (unpaired) electrons. The minimum absolute atomic E-state index is 0.0992. The summed E-state index contributed by atoms with van der Waals surface area (Å²) >= 11 is 14.0. The lowest BCUT2D eigenvalue weighted by Gasteiger charge is -2.20. The summed E-state index contributed by atoms with van der Waals surface area (Å²) in [7, 11) is -3.53. The van der Waals surface area contributed by atoms with Crippen LogP contribution in [0.5, 0.6) is 0 Å². The lowest BCUT2D eigenvalue weighted by Crippen LogP contribution is -2.31. The molecule has 0 aliphatic carbocycles. The Balaban J connectivity index is 1.41. The first-order valence-corrected chi connectivity index (χ1v) is 14.5. The number of hydrogen-bond donors (Lipinski definition) is 0. The van der Waals surface area contributed by atoms with Gasteiger partial charge in [0, 0.05) is 23.7 Å².